The Kier molecular flexibility index (Phi) is 6.54. The topological polar surface area (TPSA) is 66.3 Å². The Hall–Kier alpha value is -2.15. The Morgan fingerprint density at radius 3 is 3.00 bits per heavy atom. The number of rotatable bonds is 8. The zero-order valence-electron chi connectivity index (χ0n) is 14.1. The normalized spacial score (nSPS) is 17.8. The molecule has 1 aromatic rings. The van der Waals surface area contributed by atoms with Gasteiger partial charge in [-0.2, -0.15) is 0 Å². The molecule has 132 valence electrons. The van der Waals surface area contributed by atoms with Gasteiger partial charge >= 0.3 is 5.97 Å². The summed E-state index contributed by atoms with van der Waals surface area (Å²) >= 11 is 0. The average Bonchev–Trinajstić information content (AvgIpc) is 3.04. The van der Waals surface area contributed by atoms with Gasteiger partial charge in [-0.25, -0.2) is 9.18 Å². The lowest BCUT2D eigenvalue weighted by molar-refractivity contribution is -0.147. The summed E-state index contributed by atoms with van der Waals surface area (Å²) in [5.41, 5.74) is 0.863. The number of unbranched alkanes of at least 4 members (excludes halogenated alkanes) is 1. The first-order valence-corrected chi connectivity index (χ1v) is 7.92. The highest BCUT2D eigenvalue weighted by molar-refractivity contribution is 6.06. The second-order valence-corrected chi connectivity index (χ2v) is 5.41. The number of hydrogen-bond donors (Lipinski definition) is 0. The molecule has 0 saturated heterocycles. The maximum absolute atomic E-state index is 13.7. The van der Waals surface area contributed by atoms with E-state index in [1.807, 2.05) is 0 Å². The zero-order valence-corrected chi connectivity index (χ0v) is 14.1. The third-order valence-corrected chi connectivity index (χ3v) is 3.57. The molecular formula is C17H22FNO5. The minimum Gasteiger partial charge on any atom is -0.478 e. The van der Waals surface area contributed by atoms with Crippen LogP contribution in [0.15, 0.2) is 23.4 Å². The van der Waals surface area contributed by atoms with Crippen molar-refractivity contribution in [3.8, 4) is 5.75 Å². The first-order chi connectivity index (χ1) is 11.6. The fraction of sp³-hybridized carbons (Fsp3) is 0.529. The third-order valence-electron chi connectivity index (χ3n) is 3.57. The van der Waals surface area contributed by atoms with E-state index in [0.29, 0.717) is 23.6 Å². The molecule has 0 fully saturated rings. The molecule has 1 aliphatic rings. The maximum atomic E-state index is 13.7. The number of benzene rings is 1. The van der Waals surface area contributed by atoms with Crippen LogP contribution in [0.1, 0.15) is 32.3 Å². The smallest absolute Gasteiger partial charge is 0.346 e. The fourth-order valence-electron chi connectivity index (χ4n) is 2.24. The highest BCUT2D eigenvalue weighted by Crippen LogP contribution is 2.26. The number of halogens is 1. The van der Waals surface area contributed by atoms with Crippen molar-refractivity contribution in [1.82, 2.24) is 0 Å². The van der Waals surface area contributed by atoms with Gasteiger partial charge in [-0.05, 0) is 31.5 Å². The Labute approximate surface area is 140 Å². The van der Waals surface area contributed by atoms with Gasteiger partial charge < -0.3 is 19.0 Å². The lowest BCUT2D eigenvalue weighted by Crippen LogP contribution is -2.28. The van der Waals surface area contributed by atoms with E-state index in [9.17, 15) is 9.18 Å². The van der Waals surface area contributed by atoms with Crippen molar-refractivity contribution in [3.05, 3.63) is 29.6 Å². The Balaban J connectivity index is 2.21. The van der Waals surface area contributed by atoms with E-state index < -0.39 is 24.0 Å². The van der Waals surface area contributed by atoms with Crippen LogP contribution in [-0.2, 0) is 19.1 Å². The Bertz CT molecular complexity index is 605. The molecule has 2 atom stereocenters. The van der Waals surface area contributed by atoms with Crippen LogP contribution in [-0.4, -0.2) is 44.2 Å². The number of carbonyl (C=O) groups excluding carboxylic acids is 1. The summed E-state index contributed by atoms with van der Waals surface area (Å²) in [5.74, 6) is -0.641. The second kappa shape index (κ2) is 8.63. The minimum atomic E-state index is -0.832. The van der Waals surface area contributed by atoms with Crippen molar-refractivity contribution in [2.75, 3.05) is 20.3 Å². The summed E-state index contributed by atoms with van der Waals surface area (Å²) in [5, 5.41) is 3.97. The molecule has 7 heteroatoms. The summed E-state index contributed by atoms with van der Waals surface area (Å²) in [7, 11) is 1.28. The van der Waals surface area contributed by atoms with Gasteiger partial charge in [-0.15, -0.1) is 0 Å². The standard InChI is InChI=1S/C17H22FNO5/c1-4-5-8-22-15-10-23-19-16(15)13-9-12(18)6-7-14(13)24-11(2)17(20)21-3/h6-7,9,11,15H,4-5,8,10H2,1-3H3/t11-,15?/m0/s1. The van der Waals surface area contributed by atoms with Crippen LogP contribution in [0.3, 0.4) is 0 Å². The van der Waals surface area contributed by atoms with Crippen molar-refractivity contribution >= 4 is 11.7 Å². The van der Waals surface area contributed by atoms with Crippen LogP contribution in [0.25, 0.3) is 0 Å². The van der Waals surface area contributed by atoms with Crippen LogP contribution in [0, 0.1) is 5.82 Å². The van der Waals surface area contributed by atoms with Gasteiger partial charge in [-0.1, -0.05) is 18.5 Å². The molecule has 0 aromatic heterocycles. The molecule has 1 unspecified atom stereocenters. The lowest BCUT2D eigenvalue weighted by Gasteiger charge is -2.18. The number of ether oxygens (including phenoxy) is 3. The summed E-state index contributed by atoms with van der Waals surface area (Å²) in [6.45, 7) is 4.45. The van der Waals surface area contributed by atoms with Crippen molar-refractivity contribution in [3.63, 3.8) is 0 Å². The molecule has 0 N–H and O–H groups in total. The Morgan fingerprint density at radius 1 is 1.50 bits per heavy atom. The largest absolute Gasteiger partial charge is 0.478 e. The molecule has 24 heavy (non-hydrogen) atoms. The summed E-state index contributed by atoms with van der Waals surface area (Å²) in [6, 6.07) is 4.00. The molecule has 2 rings (SSSR count). The molecule has 0 radical (unpaired) electrons. The van der Waals surface area contributed by atoms with E-state index in [1.165, 1.54) is 25.3 Å². The van der Waals surface area contributed by atoms with E-state index in [0.717, 1.165) is 12.8 Å². The van der Waals surface area contributed by atoms with Gasteiger partial charge in [-0.3, -0.25) is 0 Å². The molecular weight excluding hydrogens is 317 g/mol. The fourth-order valence-corrected chi connectivity index (χ4v) is 2.24. The number of esters is 1. The second-order valence-electron chi connectivity index (χ2n) is 5.41. The van der Waals surface area contributed by atoms with E-state index in [4.69, 9.17) is 14.3 Å². The van der Waals surface area contributed by atoms with Gasteiger partial charge in [0.15, 0.2) is 6.10 Å². The predicted molar refractivity (Wildman–Crippen MR) is 85.6 cm³/mol. The number of oxime groups is 1. The lowest BCUT2D eigenvalue weighted by atomic mass is 10.0. The van der Waals surface area contributed by atoms with Gasteiger partial charge in [0.1, 0.15) is 30.0 Å². The molecule has 6 nitrogen and oxygen atoms in total. The average molecular weight is 339 g/mol. The summed E-state index contributed by atoms with van der Waals surface area (Å²) in [6.07, 6.45) is 0.691. The van der Waals surface area contributed by atoms with Crippen LogP contribution in [0.4, 0.5) is 4.39 Å². The van der Waals surface area contributed by atoms with Gasteiger partial charge in [0.2, 0.25) is 0 Å². The van der Waals surface area contributed by atoms with Crippen LogP contribution >= 0.6 is 0 Å². The quantitative estimate of drug-likeness (QED) is 0.538. The van der Waals surface area contributed by atoms with E-state index in [1.54, 1.807) is 6.92 Å². The molecule has 0 amide bonds. The maximum Gasteiger partial charge on any atom is 0.346 e. The van der Waals surface area contributed by atoms with Crippen LogP contribution < -0.4 is 4.74 Å². The van der Waals surface area contributed by atoms with Crippen molar-refractivity contribution in [2.24, 2.45) is 5.16 Å². The van der Waals surface area contributed by atoms with Gasteiger partial charge in [0.25, 0.3) is 0 Å². The number of nitrogens with zero attached hydrogens (tertiary/aromatic N) is 1. The molecule has 0 aliphatic carbocycles. The molecule has 0 bridgehead atoms. The van der Waals surface area contributed by atoms with Crippen molar-refractivity contribution < 1.29 is 28.2 Å². The summed E-state index contributed by atoms with van der Waals surface area (Å²) in [4.78, 5) is 16.7. The third kappa shape index (κ3) is 4.44. The first-order valence-electron chi connectivity index (χ1n) is 7.92. The molecule has 0 saturated carbocycles. The number of carbonyl (C=O) groups is 1. The van der Waals surface area contributed by atoms with Crippen molar-refractivity contribution in [1.29, 1.82) is 0 Å². The van der Waals surface area contributed by atoms with E-state index in [-0.39, 0.29) is 6.61 Å². The first kappa shape index (κ1) is 18.2. The van der Waals surface area contributed by atoms with Gasteiger partial charge in [0, 0.05) is 12.2 Å². The predicted octanol–water partition coefficient (Wildman–Crippen LogP) is 2.69. The molecule has 0 spiro atoms. The molecule has 1 heterocycles. The Morgan fingerprint density at radius 2 is 2.29 bits per heavy atom. The summed E-state index contributed by atoms with van der Waals surface area (Å²) < 4.78 is 29.7. The monoisotopic (exact) mass is 339 g/mol. The SMILES string of the molecule is CCCCOC1CON=C1c1cc(F)ccc1O[C@@H](C)C(=O)OC. The van der Waals surface area contributed by atoms with Crippen molar-refractivity contribution in [2.45, 2.75) is 38.9 Å². The molecule has 1 aliphatic heterocycles. The highest BCUT2D eigenvalue weighted by Gasteiger charge is 2.29. The minimum absolute atomic E-state index is 0.265. The number of methoxy groups -OCH3 is 1. The van der Waals surface area contributed by atoms with Crippen LogP contribution in [0.2, 0.25) is 0 Å². The van der Waals surface area contributed by atoms with E-state index >= 15 is 0 Å². The van der Waals surface area contributed by atoms with Gasteiger partial charge in [0.05, 0.1) is 7.11 Å². The van der Waals surface area contributed by atoms with Crippen LogP contribution in [0.5, 0.6) is 5.75 Å². The zero-order chi connectivity index (χ0) is 17.5. The molecule has 1 aromatic carbocycles. The number of hydrogen-bond acceptors (Lipinski definition) is 6. The van der Waals surface area contributed by atoms with E-state index in [2.05, 4.69) is 16.8 Å². The highest BCUT2D eigenvalue weighted by atomic mass is 19.1.